The van der Waals surface area contributed by atoms with Gasteiger partial charge in [-0.15, -0.1) is 0 Å². The lowest BCUT2D eigenvalue weighted by Gasteiger charge is -2.37. The summed E-state index contributed by atoms with van der Waals surface area (Å²) in [6.07, 6.45) is 3.83. The first-order valence-corrected chi connectivity index (χ1v) is 10.4. The van der Waals surface area contributed by atoms with E-state index >= 15 is 0 Å². The Kier molecular flexibility index (Phi) is 4.17. The zero-order chi connectivity index (χ0) is 14.2. The molecule has 3 aliphatic heterocycles. The quantitative estimate of drug-likeness (QED) is 0.792. The summed E-state index contributed by atoms with van der Waals surface area (Å²) in [4.78, 5) is 12.4. The van der Waals surface area contributed by atoms with Crippen LogP contribution in [0.15, 0.2) is 0 Å². The second kappa shape index (κ2) is 5.61. The van der Waals surface area contributed by atoms with Gasteiger partial charge in [0.15, 0.2) is 9.84 Å². The maximum absolute atomic E-state index is 12.4. The number of carbonyl (C=O) groups is 1. The molecule has 114 valence electrons. The van der Waals surface area contributed by atoms with Crippen LogP contribution in [0.25, 0.3) is 0 Å². The summed E-state index contributed by atoms with van der Waals surface area (Å²) in [5.41, 5.74) is -0.0645. The molecule has 3 heterocycles. The van der Waals surface area contributed by atoms with Crippen LogP contribution in [0.2, 0.25) is 0 Å². The fourth-order valence-electron chi connectivity index (χ4n) is 3.65. The fraction of sp³-hybridized carbons (Fsp3) is 0.929. The minimum Gasteiger partial charge on any atom is -0.374 e. The SMILES string of the molecule is O=C(CC1CCS(=O)(=O)C1)C1CCOC2(CCSC2)C1. The Labute approximate surface area is 124 Å². The number of sulfone groups is 1. The zero-order valence-corrected chi connectivity index (χ0v) is 13.3. The van der Waals surface area contributed by atoms with E-state index in [0.717, 1.165) is 30.8 Å². The molecule has 3 aliphatic rings. The van der Waals surface area contributed by atoms with Crippen LogP contribution < -0.4 is 0 Å². The molecule has 3 rings (SSSR count). The Hall–Kier alpha value is -0.0700. The van der Waals surface area contributed by atoms with Gasteiger partial charge in [-0.2, -0.15) is 11.8 Å². The zero-order valence-electron chi connectivity index (χ0n) is 11.7. The molecule has 3 unspecified atom stereocenters. The summed E-state index contributed by atoms with van der Waals surface area (Å²) in [6, 6.07) is 0. The Morgan fingerprint density at radius 1 is 1.35 bits per heavy atom. The predicted molar refractivity (Wildman–Crippen MR) is 79.7 cm³/mol. The molecule has 3 saturated heterocycles. The monoisotopic (exact) mass is 318 g/mol. The van der Waals surface area contributed by atoms with Crippen LogP contribution in [-0.2, 0) is 19.4 Å². The molecule has 1 spiro atoms. The van der Waals surface area contributed by atoms with Gasteiger partial charge in [-0.25, -0.2) is 8.42 Å². The van der Waals surface area contributed by atoms with Crippen LogP contribution in [0.4, 0.5) is 0 Å². The molecule has 0 aromatic heterocycles. The Bertz CT molecular complexity index is 479. The van der Waals surface area contributed by atoms with Gasteiger partial charge in [0.25, 0.3) is 0 Å². The second-order valence-corrected chi connectivity index (χ2v) is 9.80. The topological polar surface area (TPSA) is 60.4 Å². The third-order valence-corrected chi connectivity index (χ3v) is 7.89. The highest BCUT2D eigenvalue weighted by molar-refractivity contribution is 7.99. The lowest BCUT2D eigenvalue weighted by molar-refractivity contribution is -0.134. The largest absolute Gasteiger partial charge is 0.374 e. The standard InChI is InChI=1S/C14H22O4S2/c15-13(7-11-2-6-20(16,17)9-11)12-1-4-18-14(8-12)3-5-19-10-14/h11-12H,1-10H2. The molecule has 4 nitrogen and oxygen atoms in total. The van der Waals surface area contributed by atoms with E-state index in [0.29, 0.717) is 19.4 Å². The maximum Gasteiger partial charge on any atom is 0.150 e. The highest BCUT2D eigenvalue weighted by atomic mass is 32.2. The summed E-state index contributed by atoms with van der Waals surface area (Å²) >= 11 is 1.91. The van der Waals surface area contributed by atoms with Crippen LogP contribution in [0, 0.1) is 11.8 Å². The van der Waals surface area contributed by atoms with Gasteiger partial charge in [0.05, 0.1) is 17.1 Å². The number of ketones is 1. The number of rotatable bonds is 3. The van der Waals surface area contributed by atoms with Crippen molar-refractivity contribution in [1.82, 2.24) is 0 Å². The van der Waals surface area contributed by atoms with Gasteiger partial charge in [-0.05, 0) is 37.4 Å². The van der Waals surface area contributed by atoms with Gasteiger partial charge in [-0.1, -0.05) is 0 Å². The third-order valence-electron chi connectivity index (χ3n) is 4.83. The van der Waals surface area contributed by atoms with Crippen LogP contribution in [-0.4, -0.2) is 49.4 Å². The molecular weight excluding hydrogens is 296 g/mol. The highest BCUT2D eigenvalue weighted by Crippen LogP contribution is 2.41. The van der Waals surface area contributed by atoms with E-state index in [2.05, 4.69) is 0 Å². The van der Waals surface area contributed by atoms with Crippen molar-refractivity contribution in [3.05, 3.63) is 0 Å². The molecule has 0 radical (unpaired) electrons. The van der Waals surface area contributed by atoms with Crippen molar-refractivity contribution in [2.24, 2.45) is 11.8 Å². The van der Waals surface area contributed by atoms with Gasteiger partial charge < -0.3 is 4.74 Å². The highest BCUT2D eigenvalue weighted by Gasteiger charge is 2.43. The Morgan fingerprint density at radius 2 is 2.20 bits per heavy atom. The van der Waals surface area contributed by atoms with Crippen molar-refractivity contribution >= 4 is 27.4 Å². The van der Waals surface area contributed by atoms with Crippen LogP contribution in [0.5, 0.6) is 0 Å². The summed E-state index contributed by atoms with van der Waals surface area (Å²) in [5.74, 6) is 3.03. The van der Waals surface area contributed by atoms with E-state index in [9.17, 15) is 13.2 Å². The minimum absolute atomic E-state index is 0.0595. The first-order chi connectivity index (χ1) is 9.48. The summed E-state index contributed by atoms with van der Waals surface area (Å²) in [5, 5.41) is 0. The number of thioether (sulfide) groups is 1. The average molecular weight is 318 g/mol. The van der Waals surface area contributed by atoms with Gasteiger partial charge in [-0.3, -0.25) is 4.79 Å². The van der Waals surface area contributed by atoms with Crippen molar-refractivity contribution in [1.29, 1.82) is 0 Å². The van der Waals surface area contributed by atoms with Crippen molar-refractivity contribution in [3.8, 4) is 0 Å². The lowest BCUT2D eigenvalue weighted by atomic mass is 9.81. The first kappa shape index (κ1) is 14.9. The van der Waals surface area contributed by atoms with Crippen molar-refractivity contribution in [3.63, 3.8) is 0 Å². The number of ether oxygens (including phenoxy) is 1. The number of hydrogen-bond acceptors (Lipinski definition) is 5. The fourth-order valence-corrected chi connectivity index (χ4v) is 6.89. The average Bonchev–Trinajstić information content (AvgIpc) is 2.97. The van der Waals surface area contributed by atoms with Crippen LogP contribution >= 0.6 is 11.8 Å². The van der Waals surface area contributed by atoms with Gasteiger partial charge in [0, 0.05) is 24.7 Å². The molecule has 0 bridgehead atoms. The second-order valence-electron chi connectivity index (χ2n) is 6.46. The van der Waals surface area contributed by atoms with Gasteiger partial charge in [0.2, 0.25) is 0 Å². The normalized spacial score (nSPS) is 40.2. The third kappa shape index (κ3) is 3.22. The van der Waals surface area contributed by atoms with Crippen LogP contribution in [0.1, 0.15) is 32.1 Å². The van der Waals surface area contributed by atoms with Crippen molar-refractivity contribution < 1.29 is 17.9 Å². The van der Waals surface area contributed by atoms with E-state index in [1.54, 1.807) is 0 Å². The van der Waals surface area contributed by atoms with Gasteiger partial charge in [0.1, 0.15) is 5.78 Å². The van der Waals surface area contributed by atoms with E-state index < -0.39 is 9.84 Å². The molecule has 3 fully saturated rings. The number of hydrogen-bond donors (Lipinski definition) is 0. The molecule has 0 saturated carbocycles. The first-order valence-electron chi connectivity index (χ1n) is 7.43. The van der Waals surface area contributed by atoms with Crippen molar-refractivity contribution in [2.75, 3.05) is 29.6 Å². The van der Waals surface area contributed by atoms with Crippen molar-refractivity contribution in [2.45, 2.75) is 37.7 Å². The molecule has 3 atom stereocenters. The molecule has 0 aromatic rings. The Morgan fingerprint density at radius 3 is 2.85 bits per heavy atom. The molecule has 20 heavy (non-hydrogen) atoms. The van der Waals surface area contributed by atoms with E-state index in [-0.39, 0.29) is 34.7 Å². The number of carbonyl (C=O) groups excluding carboxylic acids is 1. The predicted octanol–water partition coefficient (Wildman–Crippen LogP) is 1.68. The molecule has 0 aliphatic carbocycles. The van der Waals surface area contributed by atoms with E-state index in [1.165, 1.54) is 0 Å². The summed E-state index contributed by atoms with van der Waals surface area (Å²) in [7, 11) is -2.87. The van der Waals surface area contributed by atoms with Crippen LogP contribution in [0.3, 0.4) is 0 Å². The molecule has 0 aromatic carbocycles. The molecular formula is C14H22O4S2. The summed E-state index contributed by atoms with van der Waals surface area (Å²) < 4.78 is 28.9. The Balaban J connectivity index is 1.57. The lowest BCUT2D eigenvalue weighted by Crippen LogP contribution is -2.42. The maximum atomic E-state index is 12.4. The van der Waals surface area contributed by atoms with Gasteiger partial charge >= 0.3 is 0 Å². The minimum atomic E-state index is -2.87. The molecule has 0 amide bonds. The summed E-state index contributed by atoms with van der Waals surface area (Å²) in [6.45, 7) is 0.680. The molecule has 0 N–H and O–H groups in total. The van der Waals surface area contributed by atoms with E-state index in [1.807, 2.05) is 11.8 Å². The van der Waals surface area contributed by atoms with E-state index in [4.69, 9.17) is 4.74 Å². The molecule has 6 heteroatoms. The smallest absolute Gasteiger partial charge is 0.150 e. The number of Topliss-reactive ketones (excluding diaryl/α,β-unsaturated/α-hetero) is 1.